The van der Waals surface area contributed by atoms with E-state index in [-0.39, 0.29) is 86.4 Å². The minimum absolute atomic E-state index is 0.0343. The molecular weight excluding hydrogens is 1240 g/mol. The molecule has 430 valence electrons. The first-order chi connectivity index (χ1) is 42.6. The third-order valence-electron chi connectivity index (χ3n) is 14.1. The number of rotatable bonds is 15. The molecule has 0 unspecified atom stereocenters. The van der Waals surface area contributed by atoms with Crippen LogP contribution in [0, 0.1) is 0 Å². The highest BCUT2D eigenvalue weighted by atomic mass is 35.5. The van der Waals surface area contributed by atoms with Gasteiger partial charge in [0, 0.05) is 43.4 Å². The molecule has 0 bridgehead atoms. The minimum atomic E-state index is -2.32. The van der Waals surface area contributed by atoms with Gasteiger partial charge >= 0.3 is 23.9 Å². The van der Waals surface area contributed by atoms with Gasteiger partial charge in [-0.25, -0.2) is 39.1 Å². The highest BCUT2D eigenvalue weighted by molar-refractivity contribution is 6.56. The van der Waals surface area contributed by atoms with E-state index in [9.17, 15) is 19.2 Å². The van der Waals surface area contributed by atoms with E-state index in [2.05, 4.69) is 0 Å². The first-order valence-electron chi connectivity index (χ1n) is 26.9. The van der Waals surface area contributed by atoms with Crippen LogP contribution in [0.15, 0.2) is 263 Å². The molecule has 0 spiro atoms. The number of esters is 4. The number of ether oxygens (including phenoxy) is 4. The Hall–Kier alpha value is -9.50. The molecule has 10 aromatic carbocycles. The number of nitrogens with zero attached hydrogens (tertiary/aromatic N) is 4. The van der Waals surface area contributed by atoms with Crippen molar-refractivity contribution in [2.24, 2.45) is 20.0 Å². The molecule has 10 aromatic rings. The van der Waals surface area contributed by atoms with Gasteiger partial charge in [0.05, 0.1) is 65.2 Å². The molecular formula is C70H40Cl6N4O8. The van der Waals surface area contributed by atoms with E-state index in [1.807, 2.05) is 0 Å². The second kappa shape index (κ2) is 25.1. The molecule has 0 aliphatic carbocycles. The number of para-hydroxylation sites is 4. The van der Waals surface area contributed by atoms with E-state index in [0.29, 0.717) is 45.3 Å². The summed E-state index contributed by atoms with van der Waals surface area (Å²) in [7, 11) is 0. The summed E-state index contributed by atoms with van der Waals surface area (Å²) in [4.78, 5) is 77.4. The van der Waals surface area contributed by atoms with Gasteiger partial charge in [0.2, 0.25) is 11.3 Å². The molecule has 0 saturated carbocycles. The smallest absolute Gasteiger partial charge is 0.343 e. The molecule has 0 aromatic heterocycles. The summed E-state index contributed by atoms with van der Waals surface area (Å²) in [6.07, 6.45) is 0. The van der Waals surface area contributed by atoms with Crippen LogP contribution in [0.5, 0.6) is 23.0 Å². The van der Waals surface area contributed by atoms with Crippen LogP contribution < -0.4 is 18.9 Å². The van der Waals surface area contributed by atoms with Gasteiger partial charge in [-0.1, -0.05) is 191 Å². The Balaban J connectivity index is 1.11. The predicted molar refractivity (Wildman–Crippen MR) is 344 cm³/mol. The Morgan fingerprint density at radius 2 is 0.466 bits per heavy atom. The van der Waals surface area contributed by atoms with Crippen LogP contribution in [-0.4, -0.2) is 46.7 Å². The zero-order valence-corrected chi connectivity index (χ0v) is 50.0. The summed E-state index contributed by atoms with van der Waals surface area (Å²) < 4.78 is 22.8. The highest BCUT2D eigenvalue weighted by Crippen LogP contribution is 2.60. The lowest BCUT2D eigenvalue weighted by Crippen LogP contribution is -2.44. The van der Waals surface area contributed by atoms with Gasteiger partial charge in [-0.3, -0.25) is 0 Å². The highest BCUT2D eigenvalue weighted by Gasteiger charge is 2.63. The average Bonchev–Trinajstić information content (AvgIpc) is 1.51. The SMILES string of the molecule is O=C(Oc1ccccc1)c1ccc(C2=NC(c3c(Cl)cc(Cl)cc3Cl)(C3(c4c(Cl)cc(Cl)cc4Cl)N=C(c4ccc(C(=O)Oc5ccccc5)cc4)C(c4ccc(C(=O)Oc5ccccc5)cc4)=N3)N=C2c2ccc(C(=O)Oc3ccccc3)cc2)cc1. The number of aliphatic imine (C=N–C) groups is 4. The number of carbonyl (C=O) groups excluding carboxylic acids is 4. The van der Waals surface area contributed by atoms with Gasteiger partial charge in [0.25, 0.3) is 0 Å². The Bertz CT molecular complexity index is 3930. The van der Waals surface area contributed by atoms with Crippen LogP contribution in [-0.2, 0) is 11.3 Å². The van der Waals surface area contributed by atoms with Gasteiger partial charge in [0.1, 0.15) is 23.0 Å². The van der Waals surface area contributed by atoms with Crippen molar-refractivity contribution in [2.45, 2.75) is 11.3 Å². The van der Waals surface area contributed by atoms with Crippen LogP contribution >= 0.6 is 69.6 Å². The summed E-state index contributed by atoms with van der Waals surface area (Å²) in [5.74, 6) is -1.16. The molecule has 0 N–H and O–H groups in total. The first kappa shape index (κ1) is 58.9. The molecule has 0 fully saturated rings. The van der Waals surface area contributed by atoms with Gasteiger partial charge in [0.15, 0.2) is 0 Å². The maximum atomic E-state index is 13.7. The number of hydrogen-bond donors (Lipinski definition) is 0. The lowest BCUT2D eigenvalue weighted by atomic mass is 9.81. The van der Waals surface area contributed by atoms with E-state index < -0.39 is 35.2 Å². The van der Waals surface area contributed by atoms with E-state index in [1.165, 1.54) is 24.3 Å². The molecule has 0 amide bonds. The van der Waals surface area contributed by atoms with Crippen molar-refractivity contribution in [1.82, 2.24) is 0 Å². The van der Waals surface area contributed by atoms with Crippen LogP contribution in [0.25, 0.3) is 0 Å². The van der Waals surface area contributed by atoms with E-state index in [0.717, 1.165) is 0 Å². The van der Waals surface area contributed by atoms with Crippen molar-refractivity contribution < 1.29 is 38.1 Å². The van der Waals surface area contributed by atoms with E-state index in [4.69, 9.17) is 109 Å². The number of benzene rings is 10. The Morgan fingerprint density at radius 3 is 0.659 bits per heavy atom. The second-order valence-corrected chi connectivity index (χ2v) is 22.3. The Kier molecular flexibility index (Phi) is 16.8. The minimum Gasteiger partial charge on any atom is -0.423 e. The fourth-order valence-electron chi connectivity index (χ4n) is 10.0. The summed E-state index contributed by atoms with van der Waals surface area (Å²) in [6.45, 7) is 0. The molecule has 2 aliphatic rings. The second-order valence-electron chi connectivity index (χ2n) is 19.8. The van der Waals surface area contributed by atoms with Gasteiger partial charge in [-0.05, 0) is 121 Å². The van der Waals surface area contributed by atoms with E-state index in [1.54, 1.807) is 218 Å². The Morgan fingerprint density at radius 1 is 0.273 bits per heavy atom. The summed E-state index contributed by atoms with van der Waals surface area (Å²) >= 11 is 43.5. The fourth-order valence-corrected chi connectivity index (χ4v) is 12.2. The first-order valence-corrected chi connectivity index (χ1v) is 29.1. The van der Waals surface area contributed by atoms with Crippen LogP contribution in [0.1, 0.15) is 74.8 Å². The van der Waals surface area contributed by atoms with Crippen LogP contribution in [0.4, 0.5) is 0 Å². The monoisotopic (exact) mass is 1270 g/mol. The number of hydrogen-bond acceptors (Lipinski definition) is 12. The summed E-state index contributed by atoms with van der Waals surface area (Å²) in [5, 5.41) is 0.174. The molecule has 2 aliphatic heterocycles. The molecule has 0 atom stereocenters. The lowest BCUT2D eigenvalue weighted by Gasteiger charge is -2.40. The van der Waals surface area contributed by atoms with Crippen LogP contribution in [0.3, 0.4) is 0 Å². The van der Waals surface area contributed by atoms with Crippen LogP contribution in [0.2, 0.25) is 30.1 Å². The number of carbonyl (C=O) groups is 4. The molecule has 0 saturated heterocycles. The maximum absolute atomic E-state index is 13.7. The third-order valence-corrected chi connectivity index (χ3v) is 15.8. The average molecular weight is 1280 g/mol. The fraction of sp³-hybridized carbons (Fsp3) is 0.0286. The molecule has 88 heavy (non-hydrogen) atoms. The molecule has 2 heterocycles. The van der Waals surface area contributed by atoms with Gasteiger partial charge in [-0.2, -0.15) is 0 Å². The Labute approximate surface area is 533 Å². The molecule has 12 rings (SSSR count). The van der Waals surface area contributed by atoms with Crippen molar-refractivity contribution in [2.75, 3.05) is 0 Å². The maximum Gasteiger partial charge on any atom is 0.343 e. The standard InChI is InChI=1S/C70H40Cl6N4O8/c71-49-37-55(73)59(56(74)38-49)69(77-61(41-21-29-45(30-22-41)65(81)85-51-13-5-1-6-14-51)62(78-69)42-23-31-46(32-24-42)66(82)86-52-15-7-2-8-16-52)70(60-57(75)39-50(72)40-58(60)76)79-63(43-25-33-47(34-26-43)67(83)87-53-17-9-3-10-18-53)64(80-70)44-27-35-48(36-28-44)68(84)88-54-19-11-4-12-20-54/h1-40H. The third kappa shape index (κ3) is 11.9. The topological polar surface area (TPSA) is 155 Å². The zero-order valence-electron chi connectivity index (χ0n) is 45.4. The predicted octanol–water partition coefficient (Wildman–Crippen LogP) is 17.5. The molecule has 12 nitrogen and oxygen atoms in total. The van der Waals surface area contributed by atoms with Gasteiger partial charge < -0.3 is 18.9 Å². The lowest BCUT2D eigenvalue weighted by molar-refractivity contribution is 0.0725. The van der Waals surface area contributed by atoms with Crippen molar-refractivity contribution in [3.63, 3.8) is 0 Å². The zero-order chi connectivity index (χ0) is 61.1. The van der Waals surface area contributed by atoms with Crippen molar-refractivity contribution >= 4 is 116 Å². The van der Waals surface area contributed by atoms with Crippen molar-refractivity contribution in [1.29, 1.82) is 0 Å². The largest absolute Gasteiger partial charge is 0.423 e. The quantitative estimate of drug-likeness (QED) is 0.0726. The summed E-state index contributed by atoms with van der Waals surface area (Å²) in [5.41, 5.74) is -1.35. The van der Waals surface area contributed by atoms with Crippen molar-refractivity contribution in [3.8, 4) is 23.0 Å². The number of halogens is 6. The summed E-state index contributed by atoms with van der Waals surface area (Å²) in [6, 6.07) is 66.4. The van der Waals surface area contributed by atoms with Crippen molar-refractivity contribution in [3.05, 3.63) is 328 Å². The van der Waals surface area contributed by atoms with Gasteiger partial charge in [-0.15, -0.1) is 0 Å². The molecule has 0 radical (unpaired) electrons. The molecule has 18 heteroatoms. The van der Waals surface area contributed by atoms with E-state index >= 15 is 0 Å². The normalized spacial score (nSPS) is 13.8.